The van der Waals surface area contributed by atoms with E-state index in [0.717, 1.165) is 12.7 Å². The van der Waals surface area contributed by atoms with Crippen molar-refractivity contribution in [2.75, 3.05) is 0 Å². The van der Waals surface area contributed by atoms with Gasteiger partial charge >= 0.3 is 0 Å². The summed E-state index contributed by atoms with van der Waals surface area (Å²) in [5.41, 5.74) is -0.0972. The minimum Gasteiger partial charge on any atom is -0.302 e. The van der Waals surface area contributed by atoms with Crippen molar-refractivity contribution in [2.24, 2.45) is 5.41 Å². The summed E-state index contributed by atoms with van der Waals surface area (Å²) in [5.74, 6) is 0. The number of hydrogen-bond donors (Lipinski definition) is 0. The SMILES string of the molecule is CCC1(C=O)C=C1. The molecular weight excluding hydrogens is 88.1 g/mol. The molecule has 0 saturated heterocycles. The van der Waals surface area contributed by atoms with Crippen LogP contribution < -0.4 is 0 Å². The predicted octanol–water partition coefficient (Wildman–Crippen LogP) is 1.15. The first kappa shape index (κ1) is 4.57. The van der Waals surface area contributed by atoms with Gasteiger partial charge in [0.25, 0.3) is 0 Å². The van der Waals surface area contributed by atoms with Crippen molar-refractivity contribution >= 4 is 6.29 Å². The van der Waals surface area contributed by atoms with Crippen molar-refractivity contribution in [2.45, 2.75) is 13.3 Å². The average molecular weight is 96.1 g/mol. The summed E-state index contributed by atoms with van der Waals surface area (Å²) in [7, 11) is 0. The van der Waals surface area contributed by atoms with Gasteiger partial charge in [0.2, 0.25) is 0 Å². The van der Waals surface area contributed by atoms with Crippen molar-refractivity contribution in [1.82, 2.24) is 0 Å². The van der Waals surface area contributed by atoms with Crippen LogP contribution in [0.25, 0.3) is 0 Å². The molecule has 0 atom stereocenters. The summed E-state index contributed by atoms with van der Waals surface area (Å²) in [6, 6.07) is 0. The van der Waals surface area contributed by atoms with Crippen molar-refractivity contribution in [1.29, 1.82) is 0 Å². The number of rotatable bonds is 2. The zero-order valence-corrected chi connectivity index (χ0v) is 4.35. The van der Waals surface area contributed by atoms with E-state index in [1.807, 2.05) is 19.1 Å². The van der Waals surface area contributed by atoms with Crippen molar-refractivity contribution in [3.63, 3.8) is 0 Å². The van der Waals surface area contributed by atoms with E-state index >= 15 is 0 Å². The summed E-state index contributed by atoms with van der Waals surface area (Å²) < 4.78 is 0. The van der Waals surface area contributed by atoms with Gasteiger partial charge in [-0.3, -0.25) is 0 Å². The van der Waals surface area contributed by atoms with E-state index in [0.29, 0.717) is 0 Å². The Morgan fingerprint density at radius 2 is 2.29 bits per heavy atom. The number of allylic oxidation sites excluding steroid dienone is 2. The maximum absolute atomic E-state index is 10.1. The summed E-state index contributed by atoms with van der Waals surface area (Å²) in [4.78, 5) is 10.1. The van der Waals surface area contributed by atoms with E-state index in [-0.39, 0.29) is 5.41 Å². The van der Waals surface area contributed by atoms with Crippen LogP contribution in [-0.4, -0.2) is 6.29 Å². The fourth-order valence-corrected chi connectivity index (χ4v) is 0.505. The first-order valence-electron chi connectivity index (χ1n) is 2.50. The molecule has 0 unspecified atom stereocenters. The first-order valence-corrected chi connectivity index (χ1v) is 2.50. The molecule has 1 rings (SSSR count). The Morgan fingerprint density at radius 3 is 2.29 bits per heavy atom. The van der Waals surface area contributed by atoms with Crippen molar-refractivity contribution in [3.8, 4) is 0 Å². The topological polar surface area (TPSA) is 17.1 Å². The number of hydrogen-bond acceptors (Lipinski definition) is 1. The summed E-state index contributed by atoms with van der Waals surface area (Å²) in [5, 5.41) is 0. The van der Waals surface area contributed by atoms with Gasteiger partial charge < -0.3 is 4.79 Å². The van der Waals surface area contributed by atoms with E-state index in [2.05, 4.69) is 0 Å². The Kier molecular flexibility index (Phi) is 0.775. The molecule has 38 valence electrons. The lowest BCUT2D eigenvalue weighted by atomic mass is 10.0. The van der Waals surface area contributed by atoms with Crippen LogP contribution in [0.4, 0.5) is 0 Å². The van der Waals surface area contributed by atoms with E-state index in [9.17, 15) is 4.79 Å². The molecule has 1 aliphatic rings. The Morgan fingerprint density at radius 1 is 1.71 bits per heavy atom. The molecule has 0 spiro atoms. The fourth-order valence-electron chi connectivity index (χ4n) is 0.505. The smallest absolute Gasteiger partial charge is 0.133 e. The standard InChI is InChI=1S/C6H8O/c1-2-6(5-7)3-4-6/h3-5H,2H2,1H3. The van der Waals surface area contributed by atoms with Crippen molar-refractivity contribution in [3.05, 3.63) is 12.2 Å². The monoisotopic (exact) mass is 96.1 g/mol. The molecule has 0 aromatic heterocycles. The van der Waals surface area contributed by atoms with Crippen LogP contribution in [0.5, 0.6) is 0 Å². The van der Waals surface area contributed by atoms with Gasteiger partial charge in [-0.05, 0) is 6.42 Å². The van der Waals surface area contributed by atoms with Gasteiger partial charge in [-0.25, -0.2) is 0 Å². The van der Waals surface area contributed by atoms with Gasteiger partial charge in [0.1, 0.15) is 6.29 Å². The number of carbonyl (C=O) groups excluding carboxylic acids is 1. The highest BCUT2D eigenvalue weighted by molar-refractivity contribution is 5.72. The molecule has 0 saturated carbocycles. The largest absolute Gasteiger partial charge is 0.302 e. The lowest BCUT2D eigenvalue weighted by molar-refractivity contribution is -0.111. The summed E-state index contributed by atoms with van der Waals surface area (Å²) in [6.07, 6.45) is 5.78. The van der Waals surface area contributed by atoms with Gasteiger partial charge in [0.15, 0.2) is 0 Å². The average Bonchev–Trinajstić information content (AvgIpc) is 2.46. The third kappa shape index (κ3) is 0.581. The summed E-state index contributed by atoms with van der Waals surface area (Å²) in [6.45, 7) is 2.01. The highest BCUT2D eigenvalue weighted by atomic mass is 16.1. The van der Waals surface area contributed by atoms with E-state index in [1.165, 1.54) is 0 Å². The van der Waals surface area contributed by atoms with Gasteiger partial charge in [-0.15, -0.1) is 0 Å². The van der Waals surface area contributed by atoms with E-state index in [4.69, 9.17) is 0 Å². The van der Waals surface area contributed by atoms with Crippen LogP contribution in [-0.2, 0) is 4.79 Å². The van der Waals surface area contributed by atoms with Crippen LogP contribution in [0.15, 0.2) is 12.2 Å². The van der Waals surface area contributed by atoms with Crippen LogP contribution in [0.3, 0.4) is 0 Å². The highest BCUT2D eigenvalue weighted by Crippen LogP contribution is 2.34. The molecule has 1 aliphatic carbocycles. The second-order valence-electron chi connectivity index (χ2n) is 1.92. The summed E-state index contributed by atoms with van der Waals surface area (Å²) >= 11 is 0. The minimum absolute atomic E-state index is 0.0972. The van der Waals surface area contributed by atoms with Gasteiger partial charge in [-0.1, -0.05) is 19.1 Å². The molecule has 0 heterocycles. The molecule has 7 heavy (non-hydrogen) atoms. The molecule has 0 aromatic carbocycles. The van der Waals surface area contributed by atoms with Crippen LogP contribution in [0, 0.1) is 5.41 Å². The molecule has 0 aliphatic heterocycles. The molecule has 1 nitrogen and oxygen atoms in total. The number of aldehydes is 1. The Labute approximate surface area is 43.0 Å². The van der Waals surface area contributed by atoms with Crippen LogP contribution >= 0.6 is 0 Å². The normalized spacial score (nSPS) is 21.9. The molecule has 0 aromatic rings. The zero-order chi connectivity index (χ0) is 5.33. The maximum atomic E-state index is 10.1. The van der Waals surface area contributed by atoms with Crippen LogP contribution in [0.1, 0.15) is 13.3 Å². The van der Waals surface area contributed by atoms with Gasteiger partial charge in [-0.2, -0.15) is 0 Å². The maximum Gasteiger partial charge on any atom is 0.133 e. The Balaban J connectivity index is 2.45. The third-order valence-electron chi connectivity index (χ3n) is 1.43. The quantitative estimate of drug-likeness (QED) is 0.372. The highest BCUT2D eigenvalue weighted by Gasteiger charge is 2.30. The molecule has 1 heteroatoms. The van der Waals surface area contributed by atoms with E-state index in [1.54, 1.807) is 0 Å². The van der Waals surface area contributed by atoms with E-state index < -0.39 is 0 Å². The molecule has 0 fully saturated rings. The number of carbonyl (C=O) groups is 1. The molecule has 0 N–H and O–H groups in total. The molecule has 0 bridgehead atoms. The molecule has 0 amide bonds. The fraction of sp³-hybridized carbons (Fsp3) is 0.500. The van der Waals surface area contributed by atoms with Crippen LogP contribution in [0.2, 0.25) is 0 Å². The van der Waals surface area contributed by atoms with Gasteiger partial charge in [0, 0.05) is 0 Å². The first-order chi connectivity index (χ1) is 3.33. The lowest BCUT2D eigenvalue weighted by Crippen LogP contribution is -1.99. The Hall–Kier alpha value is -0.590. The van der Waals surface area contributed by atoms with Crippen molar-refractivity contribution < 1.29 is 4.79 Å². The second-order valence-corrected chi connectivity index (χ2v) is 1.92. The third-order valence-corrected chi connectivity index (χ3v) is 1.43. The minimum atomic E-state index is -0.0972. The van der Waals surface area contributed by atoms with Gasteiger partial charge in [0.05, 0.1) is 5.41 Å². The Bertz CT molecular complexity index is 107. The molecular formula is C6H8O. The predicted molar refractivity (Wildman–Crippen MR) is 27.9 cm³/mol. The zero-order valence-electron chi connectivity index (χ0n) is 4.35. The molecule has 0 radical (unpaired) electrons. The second kappa shape index (κ2) is 1.19. The lowest BCUT2D eigenvalue weighted by Gasteiger charge is -1.97.